The van der Waals surface area contributed by atoms with Crippen LogP contribution in [0.15, 0.2) is 35.1 Å². The Balaban J connectivity index is 1.96. The maximum atomic E-state index is 14.5. The van der Waals surface area contributed by atoms with Crippen LogP contribution >= 0.6 is 11.6 Å². The minimum Gasteiger partial charge on any atom is -0.478 e. The van der Waals surface area contributed by atoms with Gasteiger partial charge in [-0.15, -0.1) is 5.10 Å². The van der Waals surface area contributed by atoms with Crippen LogP contribution in [-0.4, -0.2) is 38.5 Å². The van der Waals surface area contributed by atoms with Crippen LogP contribution in [0.2, 0.25) is 5.02 Å². The first-order valence-electron chi connectivity index (χ1n) is 9.11. The molecule has 3 rings (SSSR count). The summed E-state index contributed by atoms with van der Waals surface area (Å²) >= 11 is 6.01. The standard InChI is InChI=1S/C19H16ClF3N4O5/c1-3-30-15(28)9-31-13-6-4-5-7-14(13)32-17-11(20)8-12(21)16(24-17)27-19(29)26(18(22)23)10(2)25-27/h4-8,18H,3,9H2,1-2H3. The molecule has 170 valence electrons. The number of hydrogen-bond acceptors (Lipinski definition) is 7. The van der Waals surface area contributed by atoms with Gasteiger partial charge >= 0.3 is 18.2 Å². The zero-order chi connectivity index (χ0) is 23.4. The fraction of sp³-hybridized carbons (Fsp3) is 0.263. The number of ether oxygens (including phenoxy) is 3. The lowest BCUT2D eigenvalue weighted by molar-refractivity contribution is -0.145. The molecular formula is C19H16ClF3N4O5. The number of benzene rings is 1. The number of aryl methyl sites for hydroxylation is 1. The summed E-state index contributed by atoms with van der Waals surface area (Å²) in [5.74, 6) is -2.90. The van der Waals surface area contributed by atoms with Crippen LogP contribution < -0.4 is 15.2 Å². The van der Waals surface area contributed by atoms with E-state index >= 15 is 0 Å². The normalized spacial score (nSPS) is 11.0. The molecule has 0 amide bonds. The quantitative estimate of drug-likeness (QED) is 0.461. The fourth-order valence-electron chi connectivity index (χ4n) is 2.60. The number of carbonyl (C=O) groups is 1. The Morgan fingerprint density at radius 2 is 1.94 bits per heavy atom. The summed E-state index contributed by atoms with van der Waals surface area (Å²) in [6, 6.07) is 6.94. The van der Waals surface area contributed by atoms with E-state index in [-0.39, 0.29) is 39.4 Å². The van der Waals surface area contributed by atoms with Gasteiger partial charge in [0.1, 0.15) is 10.8 Å². The molecule has 0 aliphatic carbocycles. The van der Waals surface area contributed by atoms with Crippen molar-refractivity contribution in [2.45, 2.75) is 20.4 Å². The number of carbonyl (C=O) groups excluding carboxylic acids is 1. The molecule has 0 aliphatic rings. The van der Waals surface area contributed by atoms with Crippen molar-refractivity contribution in [3.05, 3.63) is 57.5 Å². The van der Waals surface area contributed by atoms with Crippen molar-refractivity contribution in [1.29, 1.82) is 0 Å². The molecule has 3 aromatic rings. The smallest absolute Gasteiger partial charge is 0.356 e. The van der Waals surface area contributed by atoms with Crippen LogP contribution in [0.3, 0.4) is 0 Å². The number of pyridine rings is 1. The summed E-state index contributed by atoms with van der Waals surface area (Å²) < 4.78 is 56.8. The number of alkyl halides is 2. The highest BCUT2D eigenvalue weighted by Gasteiger charge is 2.23. The van der Waals surface area contributed by atoms with E-state index in [2.05, 4.69) is 10.1 Å². The van der Waals surface area contributed by atoms with Gasteiger partial charge in [-0.2, -0.15) is 18.4 Å². The first-order valence-corrected chi connectivity index (χ1v) is 9.48. The van der Waals surface area contributed by atoms with Crippen molar-refractivity contribution >= 4 is 17.6 Å². The van der Waals surface area contributed by atoms with E-state index in [9.17, 15) is 22.8 Å². The van der Waals surface area contributed by atoms with Gasteiger partial charge in [-0.05, 0) is 26.0 Å². The minimum absolute atomic E-state index is 0.0605. The molecule has 0 atom stereocenters. The van der Waals surface area contributed by atoms with Gasteiger partial charge in [0.2, 0.25) is 5.88 Å². The molecule has 2 aromatic heterocycles. The van der Waals surface area contributed by atoms with Gasteiger partial charge in [0.25, 0.3) is 0 Å². The Bertz CT molecular complexity index is 1200. The van der Waals surface area contributed by atoms with Gasteiger partial charge in [0.15, 0.2) is 29.7 Å². The zero-order valence-corrected chi connectivity index (χ0v) is 17.5. The first kappa shape index (κ1) is 23.1. The predicted octanol–water partition coefficient (Wildman–Crippen LogP) is 3.66. The topological polar surface area (TPSA) is 97.5 Å². The van der Waals surface area contributed by atoms with Crippen molar-refractivity contribution in [2.75, 3.05) is 13.2 Å². The highest BCUT2D eigenvalue weighted by atomic mass is 35.5. The second-order valence-electron chi connectivity index (χ2n) is 6.11. The Labute approximate surface area is 183 Å². The van der Waals surface area contributed by atoms with Crippen LogP contribution in [0.25, 0.3) is 5.82 Å². The Hall–Kier alpha value is -3.54. The maximum Gasteiger partial charge on any atom is 0.356 e. The SMILES string of the molecule is CCOC(=O)COc1ccccc1Oc1nc(-n2nc(C)n(C(F)F)c2=O)c(F)cc1Cl. The maximum absolute atomic E-state index is 14.5. The van der Waals surface area contributed by atoms with Crippen molar-refractivity contribution in [3.8, 4) is 23.2 Å². The van der Waals surface area contributed by atoms with E-state index in [1.165, 1.54) is 12.1 Å². The van der Waals surface area contributed by atoms with Crippen LogP contribution in [0.4, 0.5) is 13.2 Å². The monoisotopic (exact) mass is 472 g/mol. The number of esters is 1. The van der Waals surface area contributed by atoms with Gasteiger partial charge in [-0.25, -0.2) is 18.5 Å². The summed E-state index contributed by atoms with van der Waals surface area (Å²) in [6.07, 6.45) is 0. The van der Waals surface area contributed by atoms with Crippen LogP contribution in [0.1, 0.15) is 19.3 Å². The molecule has 0 N–H and O–H groups in total. The summed E-state index contributed by atoms with van der Waals surface area (Å²) in [5.41, 5.74) is -1.30. The highest BCUT2D eigenvalue weighted by Crippen LogP contribution is 2.35. The van der Waals surface area contributed by atoms with Gasteiger partial charge < -0.3 is 14.2 Å². The van der Waals surface area contributed by atoms with Crippen molar-refractivity contribution in [1.82, 2.24) is 19.3 Å². The van der Waals surface area contributed by atoms with E-state index in [1.807, 2.05) is 0 Å². The van der Waals surface area contributed by atoms with Crippen molar-refractivity contribution in [2.24, 2.45) is 0 Å². The Morgan fingerprint density at radius 3 is 2.56 bits per heavy atom. The van der Waals surface area contributed by atoms with E-state index in [4.69, 9.17) is 25.8 Å². The molecule has 0 aliphatic heterocycles. The number of aromatic nitrogens is 4. The number of rotatable bonds is 8. The lowest BCUT2D eigenvalue weighted by atomic mass is 10.3. The zero-order valence-electron chi connectivity index (χ0n) is 16.7. The van der Waals surface area contributed by atoms with Crippen LogP contribution in [-0.2, 0) is 9.53 Å². The molecule has 32 heavy (non-hydrogen) atoms. The highest BCUT2D eigenvalue weighted by molar-refractivity contribution is 6.31. The largest absolute Gasteiger partial charge is 0.478 e. The number of para-hydroxylation sites is 2. The van der Waals surface area contributed by atoms with Gasteiger partial charge in [-0.3, -0.25) is 0 Å². The molecule has 0 unspecified atom stereocenters. The second kappa shape index (κ2) is 9.73. The minimum atomic E-state index is -3.18. The lowest BCUT2D eigenvalue weighted by Crippen LogP contribution is -2.26. The average molecular weight is 473 g/mol. The third kappa shape index (κ3) is 4.85. The molecule has 0 bridgehead atoms. The van der Waals surface area contributed by atoms with Crippen LogP contribution in [0, 0.1) is 12.7 Å². The second-order valence-corrected chi connectivity index (χ2v) is 6.52. The molecule has 13 heteroatoms. The van der Waals surface area contributed by atoms with Gasteiger partial charge in [0.05, 0.1) is 6.61 Å². The van der Waals surface area contributed by atoms with E-state index < -0.39 is 36.5 Å². The molecule has 0 fully saturated rings. The molecule has 0 saturated carbocycles. The first-order chi connectivity index (χ1) is 15.2. The number of nitrogens with zero attached hydrogens (tertiary/aromatic N) is 4. The molecule has 0 spiro atoms. The molecular weight excluding hydrogens is 457 g/mol. The summed E-state index contributed by atoms with van der Waals surface area (Å²) in [7, 11) is 0. The fourth-order valence-corrected chi connectivity index (χ4v) is 2.77. The lowest BCUT2D eigenvalue weighted by Gasteiger charge is -2.13. The van der Waals surface area contributed by atoms with E-state index in [1.54, 1.807) is 19.1 Å². The molecule has 1 aromatic carbocycles. The molecule has 0 saturated heterocycles. The number of hydrogen-bond donors (Lipinski definition) is 0. The Kier molecular flexibility index (Phi) is 7.03. The van der Waals surface area contributed by atoms with Gasteiger partial charge in [-0.1, -0.05) is 23.7 Å². The third-order valence-corrected chi connectivity index (χ3v) is 4.23. The molecule has 2 heterocycles. The van der Waals surface area contributed by atoms with Gasteiger partial charge in [0, 0.05) is 6.07 Å². The third-order valence-electron chi connectivity index (χ3n) is 3.96. The number of halogens is 4. The summed E-state index contributed by atoms with van der Waals surface area (Å²) in [5, 5.41) is 3.36. The van der Waals surface area contributed by atoms with Crippen molar-refractivity contribution in [3.63, 3.8) is 0 Å². The molecule has 0 radical (unpaired) electrons. The molecule has 9 nitrogen and oxygen atoms in total. The average Bonchev–Trinajstić information content (AvgIpc) is 3.03. The van der Waals surface area contributed by atoms with E-state index in [0.717, 1.165) is 13.0 Å². The Morgan fingerprint density at radius 1 is 1.25 bits per heavy atom. The summed E-state index contributed by atoms with van der Waals surface area (Å²) in [4.78, 5) is 27.6. The van der Waals surface area contributed by atoms with Crippen molar-refractivity contribution < 1.29 is 32.2 Å². The summed E-state index contributed by atoms with van der Waals surface area (Å²) in [6.45, 7) is -0.591. The van der Waals surface area contributed by atoms with E-state index in [0.29, 0.717) is 4.68 Å². The van der Waals surface area contributed by atoms with Crippen LogP contribution in [0.5, 0.6) is 17.4 Å². The predicted molar refractivity (Wildman–Crippen MR) is 105 cm³/mol.